The topological polar surface area (TPSA) is 82.0 Å². The van der Waals surface area contributed by atoms with Crippen molar-refractivity contribution in [1.29, 1.82) is 0 Å². The summed E-state index contributed by atoms with van der Waals surface area (Å²) in [5.41, 5.74) is 1.08. The second-order valence-electron chi connectivity index (χ2n) is 7.32. The lowest BCUT2D eigenvalue weighted by Gasteiger charge is -2.32. The highest BCUT2D eigenvalue weighted by Gasteiger charge is 2.23. The highest BCUT2D eigenvalue weighted by Crippen LogP contribution is 2.15. The Kier molecular flexibility index (Phi) is 6.26. The molecular weight excluding hydrogens is 307 g/mol. The number of likely N-dealkylation sites (tertiary alicyclic amines) is 1. The third-order valence-corrected chi connectivity index (χ3v) is 3.96. The Morgan fingerprint density at radius 1 is 1.33 bits per heavy atom. The van der Waals surface area contributed by atoms with Crippen LogP contribution >= 0.6 is 0 Å². The van der Waals surface area contributed by atoms with Crippen molar-refractivity contribution in [2.75, 3.05) is 13.1 Å². The van der Waals surface area contributed by atoms with Crippen molar-refractivity contribution in [3.8, 4) is 0 Å². The van der Waals surface area contributed by atoms with E-state index in [-0.39, 0.29) is 12.1 Å². The van der Waals surface area contributed by atoms with Crippen molar-refractivity contribution in [2.45, 2.75) is 51.8 Å². The van der Waals surface area contributed by atoms with Crippen LogP contribution in [-0.4, -0.2) is 52.9 Å². The molecule has 1 aliphatic heterocycles. The van der Waals surface area contributed by atoms with Crippen LogP contribution < -0.4 is 10.8 Å². The van der Waals surface area contributed by atoms with Crippen LogP contribution in [0.4, 0.5) is 4.79 Å². The summed E-state index contributed by atoms with van der Waals surface area (Å²) in [7, 11) is -1.44. The number of ether oxygens (including phenoxy) is 1. The molecule has 132 valence electrons. The van der Waals surface area contributed by atoms with Crippen LogP contribution in [-0.2, 0) is 11.3 Å². The number of benzene rings is 1. The third kappa shape index (κ3) is 6.15. The Morgan fingerprint density at radius 3 is 2.58 bits per heavy atom. The number of nitrogens with one attached hydrogen (secondary N) is 1. The van der Waals surface area contributed by atoms with Crippen molar-refractivity contribution < 1.29 is 19.6 Å². The molecule has 0 bridgehead atoms. The molecule has 24 heavy (non-hydrogen) atoms. The molecule has 0 aliphatic carbocycles. The zero-order chi connectivity index (χ0) is 17.7. The average molecular weight is 334 g/mol. The third-order valence-electron chi connectivity index (χ3n) is 3.96. The van der Waals surface area contributed by atoms with Crippen molar-refractivity contribution in [1.82, 2.24) is 10.2 Å². The highest BCUT2D eigenvalue weighted by atomic mass is 16.6. The molecule has 0 atom stereocenters. The molecule has 0 unspecified atom stereocenters. The first-order valence-electron chi connectivity index (χ1n) is 8.40. The summed E-state index contributed by atoms with van der Waals surface area (Å²) in [6.07, 6.45) is 1.40. The van der Waals surface area contributed by atoms with Gasteiger partial charge in [0.2, 0.25) is 0 Å². The molecule has 6 nitrogen and oxygen atoms in total. The lowest BCUT2D eigenvalue weighted by Crippen LogP contribution is -2.45. The van der Waals surface area contributed by atoms with Gasteiger partial charge in [-0.2, -0.15) is 0 Å². The van der Waals surface area contributed by atoms with Crippen LogP contribution in [0.3, 0.4) is 0 Å². The fraction of sp³-hybridized carbons (Fsp3) is 0.588. The molecule has 1 aromatic carbocycles. The van der Waals surface area contributed by atoms with E-state index in [1.807, 2.05) is 39.0 Å². The number of hydrogen-bond donors (Lipinski definition) is 3. The van der Waals surface area contributed by atoms with E-state index in [1.54, 1.807) is 6.07 Å². The molecule has 0 radical (unpaired) electrons. The van der Waals surface area contributed by atoms with Crippen LogP contribution in [0.2, 0.25) is 0 Å². The van der Waals surface area contributed by atoms with E-state index in [2.05, 4.69) is 10.2 Å². The van der Waals surface area contributed by atoms with Gasteiger partial charge in [0.1, 0.15) is 5.60 Å². The number of piperidine rings is 1. The van der Waals surface area contributed by atoms with Gasteiger partial charge >= 0.3 is 13.2 Å². The van der Waals surface area contributed by atoms with Crippen molar-refractivity contribution in [3.05, 3.63) is 29.8 Å². The quantitative estimate of drug-likeness (QED) is 0.712. The van der Waals surface area contributed by atoms with Gasteiger partial charge < -0.3 is 20.1 Å². The monoisotopic (exact) mass is 334 g/mol. The maximum atomic E-state index is 11.8. The van der Waals surface area contributed by atoms with E-state index in [0.717, 1.165) is 38.0 Å². The van der Waals surface area contributed by atoms with E-state index < -0.39 is 12.7 Å². The van der Waals surface area contributed by atoms with Gasteiger partial charge in [-0.15, -0.1) is 0 Å². The van der Waals surface area contributed by atoms with Gasteiger partial charge in [-0.3, -0.25) is 4.90 Å². The first-order valence-corrected chi connectivity index (χ1v) is 8.40. The number of alkyl carbamates (subject to hydrolysis) is 1. The molecule has 0 spiro atoms. The van der Waals surface area contributed by atoms with Crippen LogP contribution in [0.25, 0.3) is 0 Å². The normalized spacial score (nSPS) is 16.7. The predicted molar refractivity (Wildman–Crippen MR) is 93.9 cm³/mol. The van der Waals surface area contributed by atoms with Crippen LogP contribution in [0.1, 0.15) is 39.2 Å². The van der Waals surface area contributed by atoms with E-state index in [1.165, 1.54) is 0 Å². The maximum absolute atomic E-state index is 11.8. The Morgan fingerprint density at radius 2 is 2.00 bits per heavy atom. The zero-order valence-electron chi connectivity index (χ0n) is 14.7. The van der Waals surface area contributed by atoms with E-state index in [4.69, 9.17) is 4.74 Å². The molecule has 2 rings (SSSR count). The molecule has 1 fully saturated rings. The van der Waals surface area contributed by atoms with Gasteiger partial charge in [-0.1, -0.05) is 24.3 Å². The Hall–Kier alpha value is -1.57. The first-order chi connectivity index (χ1) is 11.2. The number of carbonyl (C=O) groups excluding carboxylic acids is 1. The predicted octanol–water partition coefficient (Wildman–Crippen LogP) is 0.856. The van der Waals surface area contributed by atoms with Gasteiger partial charge in [0.25, 0.3) is 0 Å². The largest absolute Gasteiger partial charge is 0.488 e. The van der Waals surface area contributed by atoms with Crippen LogP contribution in [0, 0.1) is 0 Å². The lowest BCUT2D eigenvalue weighted by molar-refractivity contribution is 0.0477. The minimum atomic E-state index is -1.44. The fourth-order valence-electron chi connectivity index (χ4n) is 2.82. The molecule has 7 heteroatoms. The number of hydrogen-bond acceptors (Lipinski definition) is 5. The summed E-state index contributed by atoms with van der Waals surface area (Å²) >= 11 is 0. The SMILES string of the molecule is CC(C)(C)OC(=O)NC1CCN(Cc2cccc(B(O)O)c2)CC1. The zero-order valence-corrected chi connectivity index (χ0v) is 14.7. The molecule has 1 amide bonds. The fourth-order valence-corrected chi connectivity index (χ4v) is 2.82. The summed E-state index contributed by atoms with van der Waals surface area (Å²) < 4.78 is 5.29. The molecule has 3 N–H and O–H groups in total. The molecule has 0 aromatic heterocycles. The average Bonchev–Trinajstić information content (AvgIpc) is 2.47. The second-order valence-corrected chi connectivity index (χ2v) is 7.32. The minimum absolute atomic E-state index is 0.140. The van der Waals surface area contributed by atoms with Crippen molar-refractivity contribution in [2.24, 2.45) is 0 Å². The lowest BCUT2D eigenvalue weighted by atomic mass is 9.79. The molecule has 1 heterocycles. The molecule has 1 saturated heterocycles. The Bertz CT molecular complexity index is 552. The number of carbonyl (C=O) groups is 1. The van der Waals surface area contributed by atoms with Crippen LogP contribution in [0.5, 0.6) is 0 Å². The van der Waals surface area contributed by atoms with E-state index in [0.29, 0.717) is 5.46 Å². The summed E-state index contributed by atoms with van der Waals surface area (Å²) in [6, 6.07) is 7.47. The second kappa shape index (κ2) is 8.01. The van der Waals surface area contributed by atoms with Crippen molar-refractivity contribution >= 4 is 18.7 Å². The van der Waals surface area contributed by atoms with Gasteiger partial charge in [0, 0.05) is 25.7 Å². The van der Waals surface area contributed by atoms with Gasteiger partial charge in [-0.05, 0) is 44.6 Å². The molecule has 1 aliphatic rings. The smallest absolute Gasteiger partial charge is 0.444 e. The highest BCUT2D eigenvalue weighted by molar-refractivity contribution is 6.58. The van der Waals surface area contributed by atoms with Gasteiger partial charge in [-0.25, -0.2) is 4.79 Å². The molecule has 0 saturated carbocycles. The summed E-state index contributed by atoms with van der Waals surface area (Å²) in [5, 5.41) is 21.4. The number of nitrogens with zero attached hydrogens (tertiary/aromatic N) is 1. The minimum Gasteiger partial charge on any atom is -0.444 e. The van der Waals surface area contributed by atoms with Gasteiger partial charge in [0.15, 0.2) is 0 Å². The molecular formula is C17H27BN2O4. The maximum Gasteiger partial charge on any atom is 0.488 e. The molecule has 1 aromatic rings. The van der Waals surface area contributed by atoms with Crippen LogP contribution in [0.15, 0.2) is 24.3 Å². The number of amides is 1. The van der Waals surface area contributed by atoms with E-state index >= 15 is 0 Å². The van der Waals surface area contributed by atoms with Gasteiger partial charge in [0.05, 0.1) is 0 Å². The first kappa shape index (κ1) is 18.8. The Balaban J connectivity index is 1.79. The van der Waals surface area contributed by atoms with E-state index in [9.17, 15) is 14.8 Å². The number of rotatable bonds is 4. The summed E-state index contributed by atoms with van der Waals surface area (Å²) in [5.74, 6) is 0. The standard InChI is InChI=1S/C17H27BN2O4/c1-17(2,3)24-16(21)19-15-7-9-20(10-8-15)12-13-5-4-6-14(11-13)18(22)23/h4-6,11,15,22-23H,7-10,12H2,1-3H3,(H,19,21). The summed E-state index contributed by atoms with van der Waals surface area (Å²) in [4.78, 5) is 14.1. The Labute approximate surface area is 144 Å². The van der Waals surface area contributed by atoms with Crippen molar-refractivity contribution in [3.63, 3.8) is 0 Å². The summed E-state index contributed by atoms with van der Waals surface area (Å²) in [6.45, 7) is 8.09.